The molecule has 0 saturated carbocycles. The highest BCUT2D eigenvalue weighted by Gasteiger charge is 2.02. The third-order valence-corrected chi connectivity index (χ3v) is 2.97. The molecule has 0 spiro atoms. The lowest BCUT2D eigenvalue weighted by Gasteiger charge is -2.00. The maximum atomic E-state index is 5.78. The molecule has 5 nitrogen and oxygen atoms in total. The molecule has 5 heteroatoms. The minimum absolute atomic E-state index is 0.674. The van der Waals surface area contributed by atoms with Crippen LogP contribution in [-0.2, 0) is 0 Å². The van der Waals surface area contributed by atoms with Gasteiger partial charge in [0.2, 0.25) is 0 Å². The van der Waals surface area contributed by atoms with E-state index in [9.17, 15) is 0 Å². The third kappa shape index (κ3) is 2.33. The molecule has 0 unspecified atom stereocenters. The summed E-state index contributed by atoms with van der Waals surface area (Å²) in [5.74, 6) is 1.55. The standard InChI is InChI=1S/C15H14N4O/c1-20-13-4-2-3-11(9-13)5-7-14-17-18-15-8-6-12(16)10-19(14)15/h2-10H,16H2,1H3/b7-5-. The predicted molar refractivity (Wildman–Crippen MR) is 79.3 cm³/mol. The summed E-state index contributed by atoms with van der Waals surface area (Å²) in [5.41, 5.74) is 8.25. The fourth-order valence-corrected chi connectivity index (χ4v) is 1.95. The van der Waals surface area contributed by atoms with Crippen LogP contribution in [0.4, 0.5) is 5.69 Å². The summed E-state index contributed by atoms with van der Waals surface area (Å²) in [5, 5.41) is 8.22. The maximum Gasteiger partial charge on any atom is 0.161 e. The van der Waals surface area contributed by atoms with Gasteiger partial charge in [-0.05, 0) is 35.9 Å². The number of hydrogen-bond acceptors (Lipinski definition) is 4. The van der Waals surface area contributed by atoms with Crippen LogP contribution in [0.1, 0.15) is 11.4 Å². The van der Waals surface area contributed by atoms with Crippen molar-refractivity contribution in [2.45, 2.75) is 0 Å². The molecule has 0 saturated heterocycles. The van der Waals surface area contributed by atoms with Gasteiger partial charge in [0.15, 0.2) is 11.5 Å². The fourth-order valence-electron chi connectivity index (χ4n) is 1.95. The largest absolute Gasteiger partial charge is 0.497 e. The highest BCUT2D eigenvalue weighted by Crippen LogP contribution is 2.15. The summed E-state index contributed by atoms with van der Waals surface area (Å²) in [6.45, 7) is 0. The Morgan fingerprint density at radius 3 is 2.90 bits per heavy atom. The van der Waals surface area contributed by atoms with Gasteiger partial charge in [0.25, 0.3) is 0 Å². The normalized spacial score (nSPS) is 11.2. The predicted octanol–water partition coefficient (Wildman–Crippen LogP) is 2.49. The second-order valence-corrected chi connectivity index (χ2v) is 4.36. The summed E-state index contributed by atoms with van der Waals surface area (Å²) in [7, 11) is 1.65. The van der Waals surface area contributed by atoms with Crippen molar-refractivity contribution in [1.82, 2.24) is 14.6 Å². The molecule has 0 aliphatic carbocycles. The molecule has 3 rings (SSSR count). The van der Waals surface area contributed by atoms with Gasteiger partial charge in [-0.1, -0.05) is 18.2 Å². The number of pyridine rings is 1. The summed E-state index contributed by atoms with van der Waals surface area (Å²) < 4.78 is 7.05. The topological polar surface area (TPSA) is 65.4 Å². The lowest BCUT2D eigenvalue weighted by Crippen LogP contribution is -1.92. The third-order valence-electron chi connectivity index (χ3n) is 2.97. The number of hydrogen-bond donors (Lipinski definition) is 1. The number of rotatable bonds is 3. The maximum absolute atomic E-state index is 5.78. The molecule has 2 aromatic heterocycles. The van der Waals surface area contributed by atoms with Crippen LogP contribution in [0.15, 0.2) is 42.6 Å². The molecular formula is C15H14N4O. The molecule has 2 N–H and O–H groups in total. The molecule has 0 radical (unpaired) electrons. The number of nitrogens with zero attached hydrogens (tertiary/aromatic N) is 3. The van der Waals surface area contributed by atoms with E-state index in [4.69, 9.17) is 10.5 Å². The van der Waals surface area contributed by atoms with Gasteiger partial charge in [-0.2, -0.15) is 0 Å². The van der Waals surface area contributed by atoms with Gasteiger partial charge in [-0.3, -0.25) is 4.40 Å². The molecule has 3 aromatic rings. The Morgan fingerprint density at radius 1 is 1.15 bits per heavy atom. The highest BCUT2D eigenvalue weighted by atomic mass is 16.5. The number of anilines is 1. The molecule has 0 atom stereocenters. The van der Waals surface area contributed by atoms with Gasteiger partial charge in [-0.25, -0.2) is 0 Å². The van der Waals surface area contributed by atoms with E-state index in [2.05, 4.69) is 10.2 Å². The van der Waals surface area contributed by atoms with Gasteiger partial charge >= 0.3 is 0 Å². The number of ether oxygens (including phenoxy) is 1. The van der Waals surface area contributed by atoms with Crippen LogP contribution >= 0.6 is 0 Å². The van der Waals surface area contributed by atoms with Gasteiger partial charge in [0, 0.05) is 11.9 Å². The van der Waals surface area contributed by atoms with Crippen LogP contribution in [0, 0.1) is 0 Å². The van der Waals surface area contributed by atoms with Crippen molar-refractivity contribution in [3.63, 3.8) is 0 Å². The number of nitrogen functional groups attached to an aromatic ring is 1. The van der Waals surface area contributed by atoms with Crippen molar-refractivity contribution >= 4 is 23.5 Å². The molecule has 0 bridgehead atoms. The number of benzene rings is 1. The zero-order chi connectivity index (χ0) is 13.9. The van der Waals surface area contributed by atoms with Gasteiger partial charge in [0.1, 0.15) is 5.75 Å². The second-order valence-electron chi connectivity index (χ2n) is 4.36. The molecule has 20 heavy (non-hydrogen) atoms. The first-order chi connectivity index (χ1) is 9.76. The Labute approximate surface area is 116 Å². The Hall–Kier alpha value is -2.82. The van der Waals surface area contributed by atoms with Crippen molar-refractivity contribution in [1.29, 1.82) is 0 Å². The van der Waals surface area contributed by atoms with Crippen LogP contribution in [0.5, 0.6) is 5.75 Å². The SMILES string of the molecule is COc1cccc(/C=C\c2nnc3ccc(N)cn23)c1. The minimum atomic E-state index is 0.674. The Balaban J connectivity index is 1.95. The van der Waals surface area contributed by atoms with Gasteiger partial charge < -0.3 is 10.5 Å². The Bertz CT molecular complexity index is 776. The first-order valence-electron chi connectivity index (χ1n) is 6.19. The van der Waals surface area contributed by atoms with Crippen LogP contribution in [0.25, 0.3) is 17.8 Å². The van der Waals surface area contributed by atoms with Crippen LogP contribution in [0.2, 0.25) is 0 Å². The van der Waals surface area contributed by atoms with Gasteiger partial charge in [0.05, 0.1) is 7.11 Å². The smallest absolute Gasteiger partial charge is 0.161 e. The summed E-state index contributed by atoms with van der Waals surface area (Å²) >= 11 is 0. The quantitative estimate of drug-likeness (QED) is 0.791. The van der Waals surface area contributed by atoms with E-state index in [1.54, 1.807) is 19.4 Å². The van der Waals surface area contributed by atoms with Crippen molar-refractivity contribution in [2.75, 3.05) is 12.8 Å². The molecule has 0 amide bonds. The van der Waals surface area contributed by atoms with E-state index in [-0.39, 0.29) is 0 Å². The van der Waals surface area contributed by atoms with Gasteiger partial charge in [-0.15, -0.1) is 10.2 Å². The zero-order valence-corrected chi connectivity index (χ0v) is 11.0. The number of methoxy groups -OCH3 is 1. The Kier molecular flexibility index (Phi) is 3.09. The zero-order valence-electron chi connectivity index (χ0n) is 11.0. The molecule has 0 aliphatic rings. The summed E-state index contributed by atoms with van der Waals surface area (Å²) in [6, 6.07) is 11.4. The van der Waals surface area contributed by atoms with Crippen molar-refractivity contribution in [3.05, 3.63) is 54.0 Å². The highest BCUT2D eigenvalue weighted by molar-refractivity contribution is 5.68. The number of fused-ring (bicyclic) bond motifs is 1. The van der Waals surface area contributed by atoms with E-state index in [1.807, 2.05) is 46.9 Å². The molecule has 2 heterocycles. The summed E-state index contributed by atoms with van der Waals surface area (Å²) in [6.07, 6.45) is 5.66. The molecule has 0 fully saturated rings. The second kappa shape index (κ2) is 5.05. The average molecular weight is 266 g/mol. The van der Waals surface area contributed by atoms with E-state index in [1.165, 1.54) is 0 Å². The molecule has 1 aromatic carbocycles. The molecular weight excluding hydrogens is 252 g/mol. The van der Waals surface area contributed by atoms with E-state index < -0.39 is 0 Å². The van der Waals surface area contributed by atoms with Crippen molar-refractivity contribution in [3.8, 4) is 5.75 Å². The molecule has 0 aliphatic heterocycles. The van der Waals surface area contributed by atoms with E-state index in [0.717, 1.165) is 22.8 Å². The minimum Gasteiger partial charge on any atom is -0.497 e. The average Bonchev–Trinajstić information content (AvgIpc) is 2.87. The number of aromatic nitrogens is 3. The first-order valence-corrected chi connectivity index (χ1v) is 6.19. The van der Waals surface area contributed by atoms with E-state index in [0.29, 0.717) is 5.69 Å². The first kappa shape index (κ1) is 12.2. The lowest BCUT2D eigenvalue weighted by molar-refractivity contribution is 0.414. The van der Waals surface area contributed by atoms with Crippen molar-refractivity contribution in [2.24, 2.45) is 0 Å². The monoisotopic (exact) mass is 266 g/mol. The van der Waals surface area contributed by atoms with E-state index >= 15 is 0 Å². The summed E-state index contributed by atoms with van der Waals surface area (Å²) in [4.78, 5) is 0. The number of nitrogens with two attached hydrogens (primary N) is 1. The molecule has 100 valence electrons. The van der Waals surface area contributed by atoms with Crippen LogP contribution < -0.4 is 10.5 Å². The Morgan fingerprint density at radius 2 is 2.05 bits per heavy atom. The van der Waals surface area contributed by atoms with Crippen molar-refractivity contribution < 1.29 is 4.74 Å². The fraction of sp³-hybridized carbons (Fsp3) is 0.0667. The van der Waals surface area contributed by atoms with Crippen LogP contribution in [-0.4, -0.2) is 21.7 Å². The lowest BCUT2D eigenvalue weighted by atomic mass is 10.2. The van der Waals surface area contributed by atoms with Crippen LogP contribution in [0.3, 0.4) is 0 Å².